The van der Waals surface area contributed by atoms with Crippen LogP contribution in [0.1, 0.15) is 39.2 Å². The molecule has 1 aromatic heterocycles. The van der Waals surface area contributed by atoms with Gasteiger partial charge in [0.1, 0.15) is 18.0 Å². The van der Waals surface area contributed by atoms with Crippen molar-refractivity contribution in [2.75, 3.05) is 30.0 Å². The zero-order chi connectivity index (χ0) is 15.0. The van der Waals surface area contributed by atoms with Gasteiger partial charge in [-0.2, -0.15) is 0 Å². The summed E-state index contributed by atoms with van der Waals surface area (Å²) in [7, 11) is -0.826. The molecule has 20 heavy (non-hydrogen) atoms. The fourth-order valence-corrected chi connectivity index (χ4v) is 2.12. The molecule has 1 heterocycles. The zero-order valence-electron chi connectivity index (χ0n) is 12.9. The summed E-state index contributed by atoms with van der Waals surface area (Å²) in [4.78, 5) is 8.67. The second-order valence-corrected chi connectivity index (χ2v) is 6.72. The Kier molecular flexibility index (Phi) is 7.51. The molecule has 0 bridgehead atoms. The third kappa shape index (κ3) is 5.07. The van der Waals surface area contributed by atoms with Gasteiger partial charge in [-0.3, -0.25) is 4.21 Å². The van der Waals surface area contributed by atoms with Crippen molar-refractivity contribution in [2.24, 2.45) is 0 Å². The van der Waals surface area contributed by atoms with Gasteiger partial charge in [-0.15, -0.1) is 0 Å². The molecule has 0 saturated carbocycles. The summed E-state index contributed by atoms with van der Waals surface area (Å²) in [6.07, 6.45) is 6.34. The average molecular weight is 298 g/mol. The van der Waals surface area contributed by atoms with Gasteiger partial charge in [-0.05, 0) is 19.8 Å². The topological polar surface area (TPSA) is 66.9 Å². The normalized spacial score (nSPS) is 13.8. The van der Waals surface area contributed by atoms with Gasteiger partial charge in [-0.1, -0.05) is 20.3 Å². The third-order valence-electron chi connectivity index (χ3n) is 3.11. The van der Waals surface area contributed by atoms with E-state index in [1.54, 1.807) is 12.6 Å². The Morgan fingerprint density at radius 3 is 2.40 bits per heavy atom. The Hall–Kier alpha value is -1.17. The van der Waals surface area contributed by atoms with E-state index >= 15 is 0 Å². The number of nitrogens with zero attached hydrogens (tertiary/aromatic N) is 2. The minimum absolute atomic E-state index is 0.103. The Labute approximate surface area is 124 Å². The first kappa shape index (κ1) is 16.9. The van der Waals surface area contributed by atoms with Crippen LogP contribution in [0.25, 0.3) is 0 Å². The molecule has 0 radical (unpaired) electrons. The van der Waals surface area contributed by atoms with Crippen LogP contribution >= 0.6 is 0 Å². The lowest BCUT2D eigenvalue weighted by Gasteiger charge is -2.16. The maximum atomic E-state index is 11.4. The molecule has 0 aliphatic carbocycles. The van der Waals surface area contributed by atoms with E-state index in [1.165, 1.54) is 0 Å². The molecule has 0 spiro atoms. The van der Waals surface area contributed by atoms with Crippen LogP contribution in [0, 0.1) is 0 Å². The second kappa shape index (κ2) is 8.89. The highest BCUT2D eigenvalue weighted by atomic mass is 32.2. The minimum Gasteiger partial charge on any atom is -0.370 e. The highest BCUT2D eigenvalue weighted by Crippen LogP contribution is 2.21. The molecule has 0 aromatic carbocycles. The van der Waals surface area contributed by atoms with E-state index in [9.17, 15) is 4.21 Å². The van der Waals surface area contributed by atoms with Gasteiger partial charge in [0, 0.05) is 41.0 Å². The van der Waals surface area contributed by atoms with E-state index in [1.807, 2.05) is 6.92 Å². The van der Waals surface area contributed by atoms with Gasteiger partial charge >= 0.3 is 0 Å². The molecular formula is C14H26N4OS. The van der Waals surface area contributed by atoms with Crippen molar-refractivity contribution in [2.45, 2.75) is 45.3 Å². The van der Waals surface area contributed by atoms with Crippen LogP contribution in [0.15, 0.2) is 6.33 Å². The standard InChI is InChI=1S/C14H26N4OS/c1-5-7-12-13(15-8-6-2)17-10-18-14(12)16-9-11(3)20(4)19/h10-11H,5-9H2,1-4H3,(H2,15,16,17,18). The lowest BCUT2D eigenvalue weighted by molar-refractivity contribution is 0.678. The molecule has 0 amide bonds. The average Bonchev–Trinajstić information content (AvgIpc) is 2.44. The largest absolute Gasteiger partial charge is 0.370 e. The monoisotopic (exact) mass is 298 g/mol. The molecule has 114 valence electrons. The van der Waals surface area contributed by atoms with Gasteiger partial charge in [0.2, 0.25) is 0 Å². The maximum absolute atomic E-state index is 11.4. The van der Waals surface area contributed by atoms with Gasteiger partial charge in [0.15, 0.2) is 0 Å². The zero-order valence-corrected chi connectivity index (χ0v) is 13.7. The maximum Gasteiger partial charge on any atom is 0.134 e. The number of hydrogen-bond acceptors (Lipinski definition) is 5. The highest BCUT2D eigenvalue weighted by molar-refractivity contribution is 7.84. The van der Waals surface area contributed by atoms with Gasteiger partial charge in [-0.25, -0.2) is 9.97 Å². The van der Waals surface area contributed by atoms with Crippen molar-refractivity contribution >= 4 is 22.4 Å². The predicted octanol–water partition coefficient (Wildman–Crippen LogP) is 2.43. The van der Waals surface area contributed by atoms with Crippen LogP contribution in [0.2, 0.25) is 0 Å². The van der Waals surface area contributed by atoms with Crippen LogP contribution in [-0.4, -0.2) is 38.8 Å². The smallest absolute Gasteiger partial charge is 0.134 e. The number of hydrogen-bond donors (Lipinski definition) is 2. The quantitative estimate of drug-likeness (QED) is 0.733. The molecule has 0 aliphatic heterocycles. The summed E-state index contributed by atoms with van der Waals surface area (Å²) in [5.41, 5.74) is 1.12. The number of aromatic nitrogens is 2. The number of nitrogens with one attached hydrogen (secondary N) is 2. The van der Waals surface area contributed by atoms with Gasteiger partial charge < -0.3 is 10.6 Å². The molecule has 0 aliphatic rings. The first-order valence-corrected chi connectivity index (χ1v) is 8.86. The van der Waals surface area contributed by atoms with E-state index in [0.717, 1.165) is 43.0 Å². The molecule has 2 atom stereocenters. The van der Waals surface area contributed by atoms with E-state index in [2.05, 4.69) is 34.4 Å². The molecule has 5 nitrogen and oxygen atoms in total. The Morgan fingerprint density at radius 2 is 1.85 bits per heavy atom. The Bertz CT molecular complexity index is 439. The van der Waals surface area contributed by atoms with Crippen molar-refractivity contribution in [3.05, 3.63) is 11.9 Å². The minimum atomic E-state index is -0.826. The summed E-state index contributed by atoms with van der Waals surface area (Å²) in [5, 5.41) is 6.76. The van der Waals surface area contributed by atoms with E-state index in [4.69, 9.17) is 0 Å². The summed E-state index contributed by atoms with van der Waals surface area (Å²) >= 11 is 0. The number of anilines is 2. The second-order valence-electron chi connectivity index (χ2n) is 4.92. The molecule has 6 heteroatoms. The highest BCUT2D eigenvalue weighted by Gasteiger charge is 2.12. The Morgan fingerprint density at radius 1 is 1.20 bits per heavy atom. The first-order valence-electron chi connectivity index (χ1n) is 7.23. The van der Waals surface area contributed by atoms with Crippen LogP contribution < -0.4 is 10.6 Å². The Balaban J connectivity index is 2.85. The van der Waals surface area contributed by atoms with Crippen molar-refractivity contribution in [1.82, 2.24) is 9.97 Å². The third-order valence-corrected chi connectivity index (χ3v) is 4.41. The van der Waals surface area contributed by atoms with Crippen molar-refractivity contribution < 1.29 is 4.21 Å². The fourth-order valence-electron chi connectivity index (χ4n) is 1.80. The van der Waals surface area contributed by atoms with Crippen molar-refractivity contribution in [3.63, 3.8) is 0 Å². The van der Waals surface area contributed by atoms with Crippen LogP contribution in [0.3, 0.4) is 0 Å². The molecule has 0 fully saturated rings. The molecule has 0 saturated heterocycles. The van der Waals surface area contributed by atoms with E-state index < -0.39 is 10.8 Å². The van der Waals surface area contributed by atoms with Gasteiger partial charge in [0.05, 0.1) is 0 Å². The van der Waals surface area contributed by atoms with E-state index in [0.29, 0.717) is 6.54 Å². The van der Waals surface area contributed by atoms with Crippen LogP contribution in [0.5, 0.6) is 0 Å². The molecule has 2 unspecified atom stereocenters. The predicted molar refractivity (Wildman–Crippen MR) is 86.8 cm³/mol. The summed E-state index contributed by atoms with van der Waals surface area (Å²) in [6, 6.07) is 0. The SMILES string of the molecule is CCCNc1ncnc(NCC(C)S(C)=O)c1CCC. The molecule has 1 aromatic rings. The number of rotatable bonds is 9. The molecule has 1 rings (SSSR count). The summed E-state index contributed by atoms with van der Waals surface area (Å²) < 4.78 is 11.4. The fraction of sp³-hybridized carbons (Fsp3) is 0.714. The van der Waals surface area contributed by atoms with Crippen molar-refractivity contribution in [1.29, 1.82) is 0 Å². The van der Waals surface area contributed by atoms with E-state index in [-0.39, 0.29) is 5.25 Å². The van der Waals surface area contributed by atoms with Crippen LogP contribution in [0.4, 0.5) is 11.6 Å². The summed E-state index contributed by atoms with van der Waals surface area (Å²) in [5.74, 6) is 1.77. The van der Waals surface area contributed by atoms with Crippen LogP contribution in [-0.2, 0) is 17.2 Å². The lowest BCUT2D eigenvalue weighted by Crippen LogP contribution is -2.22. The van der Waals surface area contributed by atoms with Crippen molar-refractivity contribution in [3.8, 4) is 0 Å². The molecule has 2 N–H and O–H groups in total. The lowest BCUT2D eigenvalue weighted by atomic mass is 10.1. The van der Waals surface area contributed by atoms with Gasteiger partial charge in [0.25, 0.3) is 0 Å². The summed E-state index contributed by atoms with van der Waals surface area (Å²) in [6.45, 7) is 7.81. The first-order chi connectivity index (χ1) is 9.60. The molecular weight excluding hydrogens is 272 g/mol.